The number of carbonyl (C=O) groups excluding carboxylic acids is 1. The number of hydrogen-bond acceptors (Lipinski definition) is 3. The summed E-state index contributed by atoms with van der Waals surface area (Å²) in [6.45, 7) is 2.26. The van der Waals surface area contributed by atoms with Crippen molar-refractivity contribution >= 4 is 23.2 Å². The smallest absolute Gasteiger partial charge is 0.285 e. The van der Waals surface area contributed by atoms with Gasteiger partial charge in [0.05, 0.1) is 4.92 Å². The molecule has 1 atom stereocenters. The van der Waals surface area contributed by atoms with E-state index in [0.29, 0.717) is 18.0 Å². The van der Waals surface area contributed by atoms with Crippen molar-refractivity contribution in [3.05, 3.63) is 39.4 Å². The number of likely N-dealkylation sites (tertiary alicyclic amines) is 1. The minimum atomic E-state index is -0.484. The first-order valence-corrected chi connectivity index (χ1v) is 7.20. The van der Waals surface area contributed by atoms with Crippen molar-refractivity contribution in [2.75, 3.05) is 12.4 Å². The molecule has 1 aromatic carbocycles. The van der Waals surface area contributed by atoms with Crippen LogP contribution < -0.4 is 0 Å². The maximum atomic E-state index is 12.6. The number of halogens is 1. The van der Waals surface area contributed by atoms with Crippen LogP contribution in [0.25, 0.3) is 0 Å². The monoisotopic (exact) mass is 296 g/mol. The molecule has 1 amide bonds. The van der Waals surface area contributed by atoms with Crippen LogP contribution in [0.4, 0.5) is 5.69 Å². The molecule has 5 nitrogen and oxygen atoms in total. The molecule has 6 heteroatoms. The highest BCUT2D eigenvalue weighted by Gasteiger charge is 2.31. The van der Waals surface area contributed by atoms with Crippen LogP contribution in [0, 0.1) is 17.0 Å². The van der Waals surface area contributed by atoms with Crippen molar-refractivity contribution in [1.82, 2.24) is 4.90 Å². The van der Waals surface area contributed by atoms with Gasteiger partial charge in [0, 0.05) is 24.0 Å². The van der Waals surface area contributed by atoms with Gasteiger partial charge in [-0.15, -0.1) is 11.6 Å². The van der Waals surface area contributed by atoms with Crippen LogP contribution in [0.1, 0.15) is 35.2 Å². The molecule has 0 aliphatic carbocycles. The molecule has 1 heterocycles. The van der Waals surface area contributed by atoms with Crippen LogP contribution in [0.2, 0.25) is 0 Å². The molecule has 0 bridgehead atoms. The molecule has 108 valence electrons. The van der Waals surface area contributed by atoms with Gasteiger partial charge in [-0.1, -0.05) is 12.1 Å². The Hall–Kier alpha value is -1.62. The molecule has 2 rings (SSSR count). The van der Waals surface area contributed by atoms with E-state index in [1.54, 1.807) is 24.0 Å². The summed E-state index contributed by atoms with van der Waals surface area (Å²) in [5.74, 6) is 0.0801. The van der Waals surface area contributed by atoms with Crippen molar-refractivity contribution in [2.45, 2.75) is 32.2 Å². The van der Waals surface area contributed by atoms with Gasteiger partial charge in [-0.3, -0.25) is 14.9 Å². The lowest BCUT2D eigenvalue weighted by atomic mass is 10.0. The highest BCUT2D eigenvalue weighted by Crippen LogP contribution is 2.27. The lowest BCUT2D eigenvalue weighted by Gasteiger charge is -2.34. The number of hydrogen-bond donors (Lipinski definition) is 0. The first-order chi connectivity index (χ1) is 9.56. The second-order valence-electron chi connectivity index (χ2n) is 5.03. The second-order valence-corrected chi connectivity index (χ2v) is 5.34. The number of nitrogens with zero attached hydrogens (tertiary/aromatic N) is 2. The van der Waals surface area contributed by atoms with Crippen LogP contribution in [0.3, 0.4) is 0 Å². The summed E-state index contributed by atoms with van der Waals surface area (Å²) >= 11 is 5.91. The van der Waals surface area contributed by atoms with E-state index < -0.39 is 4.92 Å². The van der Waals surface area contributed by atoms with Crippen molar-refractivity contribution in [3.8, 4) is 0 Å². The number of para-hydroxylation sites is 1. The third-order valence-corrected chi connectivity index (χ3v) is 4.07. The molecule has 1 unspecified atom stereocenters. The van der Waals surface area contributed by atoms with Gasteiger partial charge in [-0.25, -0.2) is 0 Å². The largest absolute Gasteiger partial charge is 0.334 e. The van der Waals surface area contributed by atoms with E-state index in [-0.39, 0.29) is 23.2 Å². The lowest BCUT2D eigenvalue weighted by Crippen LogP contribution is -2.44. The average molecular weight is 297 g/mol. The Bertz CT molecular complexity index is 533. The van der Waals surface area contributed by atoms with Gasteiger partial charge < -0.3 is 4.90 Å². The van der Waals surface area contributed by atoms with Gasteiger partial charge in [0.2, 0.25) is 0 Å². The summed E-state index contributed by atoms with van der Waals surface area (Å²) in [5.41, 5.74) is 0.559. The predicted octanol–water partition coefficient (Wildman–Crippen LogP) is 3.14. The molecule has 0 saturated carbocycles. The molecule has 1 fully saturated rings. The van der Waals surface area contributed by atoms with E-state index in [9.17, 15) is 14.9 Å². The normalized spacial score (nSPS) is 18.9. The Labute approximate surface area is 122 Å². The van der Waals surface area contributed by atoms with Gasteiger partial charge in [0.25, 0.3) is 11.6 Å². The van der Waals surface area contributed by atoms with Gasteiger partial charge in [-0.05, 0) is 32.3 Å². The molecule has 0 N–H and O–H groups in total. The van der Waals surface area contributed by atoms with E-state index in [0.717, 1.165) is 19.3 Å². The van der Waals surface area contributed by atoms with Gasteiger partial charge in [0.1, 0.15) is 5.56 Å². The molecule has 0 aromatic heterocycles. The Morgan fingerprint density at radius 3 is 2.90 bits per heavy atom. The van der Waals surface area contributed by atoms with Crippen LogP contribution in [-0.4, -0.2) is 34.2 Å². The third kappa shape index (κ3) is 2.77. The Balaban J connectivity index is 2.38. The fraction of sp³-hybridized carbons (Fsp3) is 0.500. The van der Waals surface area contributed by atoms with Crippen LogP contribution in [-0.2, 0) is 0 Å². The molecule has 0 spiro atoms. The SMILES string of the molecule is Cc1cccc(C(=O)N2CCCCC2CCl)c1[N+](=O)[O-]. The zero-order valence-electron chi connectivity index (χ0n) is 11.3. The summed E-state index contributed by atoms with van der Waals surface area (Å²) < 4.78 is 0. The second kappa shape index (κ2) is 6.22. The standard InChI is InChI=1S/C14H17ClN2O3/c1-10-5-4-7-12(13(10)17(19)20)14(18)16-8-3-2-6-11(16)9-15/h4-5,7,11H,2-3,6,8-9H2,1H3. The Kier molecular flexibility index (Phi) is 4.60. The number of rotatable bonds is 3. The van der Waals surface area contributed by atoms with Gasteiger partial charge in [0.15, 0.2) is 0 Å². The number of amides is 1. The van der Waals surface area contributed by atoms with E-state index in [1.165, 1.54) is 6.07 Å². The van der Waals surface area contributed by atoms with Crippen molar-refractivity contribution in [2.24, 2.45) is 0 Å². The van der Waals surface area contributed by atoms with Crippen molar-refractivity contribution in [1.29, 1.82) is 0 Å². The Morgan fingerprint density at radius 2 is 2.25 bits per heavy atom. The minimum Gasteiger partial charge on any atom is -0.334 e. The van der Waals surface area contributed by atoms with Crippen LogP contribution in [0.5, 0.6) is 0 Å². The molecule has 1 aliphatic heterocycles. The summed E-state index contributed by atoms with van der Waals surface area (Å²) in [6, 6.07) is 4.81. The van der Waals surface area contributed by atoms with Crippen LogP contribution >= 0.6 is 11.6 Å². The maximum Gasteiger partial charge on any atom is 0.285 e. The van der Waals surface area contributed by atoms with E-state index in [1.807, 2.05) is 0 Å². The molecule has 1 saturated heterocycles. The van der Waals surface area contributed by atoms with E-state index >= 15 is 0 Å². The maximum absolute atomic E-state index is 12.6. The molecule has 1 aliphatic rings. The summed E-state index contributed by atoms with van der Waals surface area (Å²) in [7, 11) is 0. The molecule has 0 radical (unpaired) electrons. The fourth-order valence-corrected chi connectivity index (χ4v) is 2.98. The third-order valence-electron chi connectivity index (χ3n) is 3.72. The summed E-state index contributed by atoms with van der Waals surface area (Å²) in [6.07, 6.45) is 2.81. The van der Waals surface area contributed by atoms with Crippen molar-refractivity contribution in [3.63, 3.8) is 0 Å². The van der Waals surface area contributed by atoms with E-state index in [4.69, 9.17) is 11.6 Å². The van der Waals surface area contributed by atoms with Crippen LogP contribution in [0.15, 0.2) is 18.2 Å². The predicted molar refractivity (Wildman–Crippen MR) is 77.2 cm³/mol. The fourth-order valence-electron chi connectivity index (χ4n) is 2.66. The lowest BCUT2D eigenvalue weighted by molar-refractivity contribution is -0.385. The first-order valence-electron chi connectivity index (χ1n) is 6.67. The zero-order valence-corrected chi connectivity index (χ0v) is 12.1. The summed E-state index contributed by atoms with van der Waals surface area (Å²) in [5, 5.41) is 11.2. The average Bonchev–Trinajstić information content (AvgIpc) is 2.45. The number of carbonyl (C=O) groups is 1. The van der Waals surface area contributed by atoms with Crippen molar-refractivity contribution < 1.29 is 9.72 Å². The molecular formula is C14H17ClN2O3. The number of aryl methyl sites for hydroxylation is 1. The molecule has 1 aromatic rings. The highest BCUT2D eigenvalue weighted by atomic mass is 35.5. The number of alkyl halides is 1. The summed E-state index contributed by atoms with van der Waals surface area (Å²) in [4.78, 5) is 25.0. The number of nitro benzene ring substituents is 1. The number of piperidine rings is 1. The first kappa shape index (κ1) is 14.8. The van der Waals surface area contributed by atoms with Gasteiger partial charge >= 0.3 is 0 Å². The number of nitro groups is 1. The zero-order chi connectivity index (χ0) is 14.7. The number of benzene rings is 1. The highest BCUT2D eigenvalue weighted by molar-refractivity contribution is 6.18. The minimum absolute atomic E-state index is 0.0296. The Morgan fingerprint density at radius 1 is 1.50 bits per heavy atom. The van der Waals surface area contributed by atoms with E-state index in [2.05, 4.69) is 0 Å². The quantitative estimate of drug-likeness (QED) is 0.489. The molecule has 20 heavy (non-hydrogen) atoms. The topological polar surface area (TPSA) is 63.5 Å². The van der Waals surface area contributed by atoms with Gasteiger partial charge in [-0.2, -0.15) is 0 Å². The molecular weight excluding hydrogens is 280 g/mol.